The van der Waals surface area contributed by atoms with Gasteiger partial charge in [-0.3, -0.25) is 4.99 Å². The van der Waals surface area contributed by atoms with E-state index in [1.54, 1.807) is 18.3 Å². The first kappa shape index (κ1) is 18.0. The molecule has 4 aromatic rings. The lowest BCUT2D eigenvalue weighted by Gasteiger charge is -2.02. The highest BCUT2D eigenvalue weighted by Crippen LogP contribution is 2.29. The zero-order valence-corrected chi connectivity index (χ0v) is 17.2. The van der Waals surface area contributed by atoms with E-state index in [2.05, 4.69) is 9.98 Å². The summed E-state index contributed by atoms with van der Waals surface area (Å²) < 4.78 is 6.52. The van der Waals surface area contributed by atoms with Gasteiger partial charge in [0.1, 0.15) is 11.3 Å². The molecule has 1 N–H and O–H groups in total. The fourth-order valence-corrected chi connectivity index (χ4v) is 3.70. The van der Waals surface area contributed by atoms with E-state index >= 15 is 0 Å². The Hall–Kier alpha value is -2.38. The molecule has 1 heterocycles. The normalized spacial score (nSPS) is 11.5. The predicted octanol–water partition coefficient (Wildman–Crippen LogP) is 6.52. The number of aliphatic imine (C=N–C) groups is 1. The van der Waals surface area contributed by atoms with E-state index in [1.165, 1.54) is 5.56 Å². The number of hydrogen-bond acceptors (Lipinski definition) is 4. The van der Waals surface area contributed by atoms with E-state index in [9.17, 15) is 5.11 Å². The summed E-state index contributed by atoms with van der Waals surface area (Å²) in [7, 11) is 0. The minimum Gasteiger partial charge on any atom is -0.506 e. The van der Waals surface area contributed by atoms with Gasteiger partial charge < -0.3 is 9.52 Å². The molecule has 1 aromatic heterocycles. The summed E-state index contributed by atoms with van der Waals surface area (Å²) in [6.45, 7) is 2.04. The number of nitrogens with zero attached hydrogens (tertiary/aromatic N) is 2. The number of rotatable bonds is 3. The van der Waals surface area contributed by atoms with Gasteiger partial charge in [-0.15, -0.1) is 0 Å². The van der Waals surface area contributed by atoms with Crippen molar-refractivity contribution in [3.05, 3.63) is 74.3 Å². The van der Waals surface area contributed by atoms with E-state index in [0.717, 1.165) is 11.1 Å². The molecule has 4 nitrogen and oxygen atoms in total. The molecule has 0 radical (unpaired) electrons. The van der Waals surface area contributed by atoms with Gasteiger partial charge in [-0.25, -0.2) is 4.98 Å². The second-order valence-corrected chi connectivity index (χ2v) is 7.72. The number of oxazole rings is 1. The summed E-state index contributed by atoms with van der Waals surface area (Å²) >= 11 is 8.09. The van der Waals surface area contributed by atoms with Gasteiger partial charge in [0.2, 0.25) is 5.89 Å². The van der Waals surface area contributed by atoms with Crippen molar-refractivity contribution in [2.75, 3.05) is 0 Å². The maximum atomic E-state index is 10.1. The van der Waals surface area contributed by atoms with Crippen LogP contribution < -0.4 is 0 Å². The van der Waals surface area contributed by atoms with Gasteiger partial charge in [0.25, 0.3) is 0 Å². The molecule has 0 unspecified atom stereocenters. The zero-order valence-electron chi connectivity index (χ0n) is 14.3. The van der Waals surface area contributed by atoms with E-state index in [0.29, 0.717) is 31.3 Å². The number of benzene rings is 3. The molecule has 4 rings (SSSR count). The predicted molar refractivity (Wildman–Crippen MR) is 117 cm³/mol. The van der Waals surface area contributed by atoms with Crippen molar-refractivity contribution in [2.45, 2.75) is 6.92 Å². The molecule has 0 bridgehead atoms. The molecule has 134 valence electrons. The van der Waals surface area contributed by atoms with Crippen LogP contribution in [0.15, 0.2) is 64.0 Å². The number of aromatic hydroxyl groups is 1. The third-order valence-electron chi connectivity index (χ3n) is 4.08. The number of phenols is 1. The first-order chi connectivity index (χ1) is 13.0. The molecule has 0 atom stereocenters. The molecule has 0 amide bonds. The summed E-state index contributed by atoms with van der Waals surface area (Å²) in [5.74, 6) is 0.737. The van der Waals surface area contributed by atoms with Crippen molar-refractivity contribution in [1.82, 2.24) is 4.98 Å². The third-order valence-corrected chi connectivity index (χ3v) is 5.12. The maximum absolute atomic E-state index is 10.1. The van der Waals surface area contributed by atoms with Crippen molar-refractivity contribution in [3.63, 3.8) is 0 Å². The van der Waals surface area contributed by atoms with Crippen LogP contribution in [0.5, 0.6) is 5.75 Å². The highest BCUT2D eigenvalue weighted by Gasteiger charge is 2.09. The third kappa shape index (κ3) is 3.84. The van der Waals surface area contributed by atoms with Gasteiger partial charge in [0.15, 0.2) is 5.58 Å². The van der Waals surface area contributed by atoms with Crippen LogP contribution in [0.3, 0.4) is 0 Å². The quantitative estimate of drug-likeness (QED) is 0.264. The lowest BCUT2D eigenvalue weighted by molar-refractivity contribution is 0.470. The Balaban J connectivity index is 1.67. The zero-order chi connectivity index (χ0) is 19.0. The number of fused-ring (bicyclic) bond motifs is 1. The average Bonchev–Trinajstić information content (AvgIpc) is 3.07. The highest BCUT2D eigenvalue weighted by molar-refractivity contribution is 14.1. The van der Waals surface area contributed by atoms with Crippen LogP contribution in [0.1, 0.15) is 11.1 Å². The number of aryl methyl sites for hydroxylation is 1. The van der Waals surface area contributed by atoms with Crippen molar-refractivity contribution in [3.8, 4) is 17.2 Å². The molecule has 0 aliphatic heterocycles. The van der Waals surface area contributed by atoms with E-state index in [1.807, 2.05) is 72.0 Å². The molecule has 0 fully saturated rings. The number of phenolic OH excluding ortho intramolecular Hbond substituents is 1. The van der Waals surface area contributed by atoms with Gasteiger partial charge in [-0.2, -0.15) is 0 Å². The average molecular weight is 489 g/mol. The van der Waals surface area contributed by atoms with Crippen molar-refractivity contribution >= 4 is 57.2 Å². The van der Waals surface area contributed by atoms with Gasteiger partial charge in [0.05, 0.1) is 9.26 Å². The Morgan fingerprint density at radius 2 is 1.89 bits per heavy atom. The molecule has 27 heavy (non-hydrogen) atoms. The largest absolute Gasteiger partial charge is 0.506 e. The van der Waals surface area contributed by atoms with Gasteiger partial charge in [-0.05, 0) is 72.0 Å². The molecule has 0 aliphatic rings. The minimum atomic E-state index is 0.160. The van der Waals surface area contributed by atoms with Crippen LogP contribution in [0, 0.1) is 10.5 Å². The van der Waals surface area contributed by atoms with Crippen LogP contribution in [-0.2, 0) is 0 Å². The summed E-state index contributed by atoms with van der Waals surface area (Å²) in [6.07, 6.45) is 1.59. The first-order valence-electron chi connectivity index (χ1n) is 8.19. The van der Waals surface area contributed by atoms with E-state index < -0.39 is 0 Å². The molecular weight excluding hydrogens is 475 g/mol. The van der Waals surface area contributed by atoms with Crippen LogP contribution in [0.25, 0.3) is 22.6 Å². The van der Waals surface area contributed by atoms with E-state index in [4.69, 9.17) is 16.0 Å². The Labute approximate surface area is 174 Å². The molecule has 0 aliphatic carbocycles. The number of hydrogen-bond donors (Lipinski definition) is 1. The van der Waals surface area contributed by atoms with E-state index in [-0.39, 0.29) is 5.75 Å². The molecular formula is C21H14ClIN2O2. The summed E-state index contributed by atoms with van der Waals surface area (Å²) in [5.41, 5.74) is 4.81. The number of aromatic nitrogens is 1. The highest BCUT2D eigenvalue weighted by atomic mass is 127. The fourth-order valence-electron chi connectivity index (χ4n) is 2.64. The van der Waals surface area contributed by atoms with Crippen LogP contribution >= 0.6 is 34.2 Å². The van der Waals surface area contributed by atoms with Gasteiger partial charge in [0, 0.05) is 22.4 Å². The van der Waals surface area contributed by atoms with Crippen molar-refractivity contribution in [1.29, 1.82) is 0 Å². The maximum Gasteiger partial charge on any atom is 0.227 e. The molecule has 0 spiro atoms. The lowest BCUT2D eigenvalue weighted by atomic mass is 10.1. The second-order valence-electron chi connectivity index (χ2n) is 6.12. The summed E-state index contributed by atoms with van der Waals surface area (Å²) in [5, 5.41) is 10.7. The lowest BCUT2D eigenvalue weighted by Crippen LogP contribution is -1.86. The summed E-state index contributed by atoms with van der Waals surface area (Å²) in [6, 6.07) is 16.9. The Morgan fingerprint density at radius 1 is 1.11 bits per heavy atom. The minimum absolute atomic E-state index is 0.160. The smallest absolute Gasteiger partial charge is 0.227 e. The Bertz CT molecular complexity index is 1170. The Morgan fingerprint density at radius 3 is 2.67 bits per heavy atom. The molecule has 0 saturated carbocycles. The standard InChI is InChI=1S/C21H14ClIN2O2/c1-12-2-4-13(5-3-12)21-25-18-10-16(6-7-19(18)27-21)24-11-14-8-15(22)9-17(23)20(14)26/h2-11,26H,1H3. The topological polar surface area (TPSA) is 58.6 Å². The van der Waals surface area contributed by atoms with Crippen molar-refractivity contribution in [2.24, 2.45) is 4.99 Å². The molecule has 3 aromatic carbocycles. The van der Waals surface area contributed by atoms with Gasteiger partial charge >= 0.3 is 0 Å². The summed E-state index contributed by atoms with van der Waals surface area (Å²) in [4.78, 5) is 9.00. The number of halogens is 2. The van der Waals surface area contributed by atoms with Crippen LogP contribution in [0.4, 0.5) is 5.69 Å². The molecule has 6 heteroatoms. The fraction of sp³-hybridized carbons (Fsp3) is 0.0476. The van der Waals surface area contributed by atoms with Gasteiger partial charge in [-0.1, -0.05) is 29.3 Å². The first-order valence-corrected chi connectivity index (χ1v) is 9.65. The van der Waals surface area contributed by atoms with Crippen molar-refractivity contribution < 1.29 is 9.52 Å². The van der Waals surface area contributed by atoms with Crippen LogP contribution in [-0.4, -0.2) is 16.3 Å². The SMILES string of the molecule is Cc1ccc(-c2nc3cc(N=Cc4cc(Cl)cc(I)c4O)ccc3o2)cc1. The Kier molecular flexibility index (Phi) is 4.88. The molecule has 0 saturated heterocycles. The monoisotopic (exact) mass is 488 g/mol. The van der Waals surface area contributed by atoms with Crippen LogP contribution in [0.2, 0.25) is 5.02 Å². The second kappa shape index (κ2) is 7.32.